The Morgan fingerprint density at radius 3 is 2.36 bits per heavy atom. The Kier molecular flexibility index (Phi) is 9.38. The molecule has 160 valence electrons. The molecule has 0 fully saturated rings. The van der Waals surface area contributed by atoms with Crippen molar-refractivity contribution < 1.29 is 13.2 Å². The maximum Gasteiger partial charge on any atom is 0.252 e. The van der Waals surface area contributed by atoms with E-state index in [4.69, 9.17) is 0 Å². The van der Waals surface area contributed by atoms with E-state index in [1.165, 1.54) is 15.6 Å². The van der Waals surface area contributed by atoms with E-state index in [2.05, 4.69) is 20.9 Å². The highest BCUT2D eigenvalue weighted by Crippen LogP contribution is 2.25. The zero-order valence-corrected chi connectivity index (χ0v) is 19.3. The molecule has 0 saturated heterocycles. The van der Waals surface area contributed by atoms with Gasteiger partial charge in [-0.1, -0.05) is 13.8 Å². The van der Waals surface area contributed by atoms with E-state index in [-0.39, 0.29) is 18.0 Å². The van der Waals surface area contributed by atoms with Gasteiger partial charge >= 0.3 is 0 Å². The third kappa shape index (κ3) is 7.76. The third-order valence-electron chi connectivity index (χ3n) is 3.75. The molecule has 0 aliphatic heterocycles. The lowest BCUT2D eigenvalue weighted by Crippen LogP contribution is -2.48. The minimum atomic E-state index is -3.41. The predicted molar refractivity (Wildman–Crippen MR) is 115 cm³/mol. The van der Waals surface area contributed by atoms with Crippen LogP contribution in [0.2, 0.25) is 0 Å². The van der Waals surface area contributed by atoms with E-state index < -0.39 is 10.0 Å². The molecule has 1 amide bonds. The summed E-state index contributed by atoms with van der Waals surface area (Å²) in [5, 5.41) is 8.97. The van der Waals surface area contributed by atoms with E-state index in [1.807, 2.05) is 40.7 Å². The van der Waals surface area contributed by atoms with Crippen molar-refractivity contribution in [1.82, 2.24) is 20.3 Å². The molecule has 8 nitrogen and oxygen atoms in total. The maximum atomic E-state index is 12.5. The summed E-state index contributed by atoms with van der Waals surface area (Å²) in [4.78, 5) is 16.9. The van der Waals surface area contributed by atoms with Crippen LogP contribution in [0.15, 0.2) is 21.3 Å². The van der Waals surface area contributed by atoms with E-state index in [0.717, 1.165) is 4.88 Å². The summed E-state index contributed by atoms with van der Waals surface area (Å²) in [6.07, 6.45) is 0.660. The van der Waals surface area contributed by atoms with E-state index in [0.29, 0.717) is 36.2 Å². The lowest BCUT2D eigenvalue weighted by molar-refractivity contribution is -0.121. The molecule has 0 saturated carbocycles. The summed E-state index contributed by atoms with van der Waals surface area (Å²) >= 11 is 1.29. The minimum absolute atomic E-state index is 0.111. The van der Waals surface area contributed by atoms with Crippen LogP contribution in [0, 0.1) is 0 Å². The Bertz CT molecular complexity index is 762. The van der Waals surface area contributed by atoms with Gasteiger partial charge in [-0.2, -0.15) is 4.31 Å². The monoisotopic (exact) mass is 431 g/mol. The Balaban J connectivity index is 2.53. The van der Waals surface area contributed by atoms with Crippen molar-refractivity contribution in [2.45, 2.75) is 50.8 Å². The van der Waals surface area contributed by atoms with Gasteiger partial charge in [0.2, 0.25) is 5.91 Å². The number of thiophene rings is 1. The number of rotatable bonds is 9. The highest BCUT2D eigenvalue weighted by molar-refractivity contribution is 7.91. The number of aliphatic imine (C=N–C) groups is 1. The van der Waals surface area contributed by atoms with Gasteiger partial charge in [0, 0.05) is 37.1 Å². The Morgan fingerprint density at radius 2 is 1.82 bits per heavy atom. The summed E-state index contributed by atoms with van der Waals surface area (Å²) in [6, 6.07) is 3.51. The van der Waals surface area contributed by atoms with Crippen LogP contribution in [-0.4, -0.2) is 63.4 Å². The molecule has 1 aromatic heterocycles. The molecule has 1 rings (SSSR count). The first kappa shape index (κ1) is 24.4. The first-order valence-corrected chi connectivity index (χ1v) is 11.6. The quantitative estimate of drug-likeness (QED) is 0.405. The number of guanidine groups is 1. The topological polar surface area (TPSA) is 103 Å². The molecule has 0 unspecified atom stereocenters. The van der Waals surface area contributed by atoms with Crippen molar-refractivity contribution in [3.63, 3.8) is 0 Å². The zero-order chi connectivity index (χ0) is 21.4. The van der Waals surface area contributed by atoms with Crippen LogP contribution in [-0.2, 0) is 21.2 Å². The van der Waals surface area contributed by atoms with Gasteiger partial charge in [0.05, 0.1) is 6.54 Å². The van der Waals surface area contributed by atoms with Crippen molar-refractivity contribution in [2.24, 2.45) is 4.99 Å². The fourth-order valence-corrected chi connectivity index (χ4v) is 5.44. The van der Waals surface area contributed by atoms with Gasteiger partial charge in [-0.25, -0.2) is 8.42 Å². The highest BCUT2D eigenvalue weighted by atomic mass is 32.2. The molecule has 28 heavy (non-hydrogen) atoms. The lowest BCUT2D eigenvalue weighted by atomic mass is 10.1. The average molecular weight is 432 g/mol. The number of carbonyl (C=O) groups excluding carboxylic acids is 1. The first-order chi connectivity index (χ1) is 13.0. The van der Waals surface area contributed by atoms with Crippen molar-refractivity contribution in [2.75, 3.05) is 33.2 Å². The number of carbonyl (C=O) groups is 1. The van der Waals surface area contributed by atoms with Crippen LogP contribution in [0.1, 0.15) is 39.5 Å². The minimum Gasteiger partial charge on any atom is -0.356 e. The number of hydrogen-bond acceptors (Lipinski definition) is 5. The second-order valence-corrected chi connectivity index (χ2v) is 10.5. The summed E-state index contributed by atoms with van der Waals surface area (Å²) < 4.78 is 26.9. The number of sulfonamides is 1. The SMILES string of the molecule is CCN(CC)S(=O)(=O)c1ccc(CCNC(=NC)NCC(=O)NC(C)(C)C)s1. The van der Waals surface area contributed by atoms with Gasteiger partial charge in [-0.05, 0) is 39.3 Å². The molecule has 0 spiro atoms. The molecule has 3 N–H and O–H groups in total. The summed E-state index contributed by atoms with van der Waals surface area (Å²) in [7, 11) is -1.77. The van der Waals surface area contributed by atoms with Gasteiger partial charge in [0.1, 0.15) is 4.21 Å². The van der Waals surface area contributed by atoms with E-state index in [9.17, 15) is 13.2 Å². The molecule has 0 radical (unpaired) electrons. The Morgan fingerprint density at radius 1 is 1.18 bits per heavy atom. The standard InChI is InChI=1S/C18H33N5O3S2/c1-7-23(8-2)28(25,26)16-10-9-14(27-16)11-12-20-17(19-6)21-13-15(24)22-18(3,4)5/h9-10H,7-8,11-13H2,1-6H3,(H,22,24)(H2,19,20,21). The van der Waals surface area contributed by atoms with Crippen LogP contribution in [0.4, 0.5) is 0 Å². The van der Waals surface area contributed by atoms with Crippen LogP contribution in [0.5, 0.6) is 0 Å². The fourth-order valence-electron chi connectivity index (χ4n) is 2.47. The average Bonchev–Trinajstić information content (AvgIpc) is 3.07. The van der Waals surface area contributed by atoms with Crippen LogP contribution < -0.4 is 16.0 Å². The van der Waals surface area contributed by atoms with Gasteiger partial charge in [-0.3, -0.25) is 9.79 Å². The predicted octanol–water partition coefficient (Wildman–Crippen LogP) is 1.40. The Hall–Kier alpha value is -1.65. The zero-order valence-electron chi connectivity index (χ0n) is 17.6. The fraction of sp³-hybridized carbons (Fsp3) is 0.667. The normalized spacial score (nSPS) is 12.9. The lowest BCUT2D eigenvalue weighted by Gasteiger charge is -2.21. The number of amides is 1. The molecule has 1 heterocycles. The number of hydrogen-bond donors (Lipinski definition) is 3. The van der Waals surface area contributed by atoms with Gasteiger partial charge in [0.15, 0.2) is 5.96 Å². The van der Waals surface area contributed by atoms with E-state index in [1.54, 1.807) is 13.1 Å². The molecule has 0 bridgehead atoms. The van der Waals surface area contributed by atoms with Crippen LogP contribution in [0.25, 0.3) is 0 Å². The molecule has 10 heteroatoms. The Labute approximate surface area is 172 Å². The molecule has 0 atom stereocenters. The third-order valence-corrected chi connectivity index (χ3v) is 7.42. The van der Waals surface area contributed by atoms with Crippen molar-refractivity contribution in [1.29, 1.82) is 0 Å². The van der Waals surface area contributed by atoms with Crippen molar-refractivity contribution in [3.8, 4) is 0 Å². The first-order valence-electron chi connectivity index (χ1n) is 9.37. The molecule has 0 aliphatic carbocycles. The van der Waals surface area contributed by atoms with Crippen LogP contribution >= 0.6 is 11.3 Å². The second kappa shape index (κ2) is 10.8. The maximum absolute atomic E-state index is 12.5. The van der Waals surface area contributed by atoms with Gasteiger partial charge in [0.25, 0.3) is 10.0 Å². The van der Waals surface area contributed by atoms with Crippen molar-refractivity contribution in [3.05, 3.63) is 17.0 Å². The van der Waals surface area contributed by atoms with E-state index >= 15 is 0 Å². The summed E-state index contributed by atoms with van der Waals surface area (Å²) in [5.41, 5.74) is -0.280. The van der Waals surface area contributed by atoms with Crippen LogP contribution in [0.3, 0.4) is 0 Å². The summed E-state index contributed by atoms with van der Waals surface area (Å²) in [6.45, 7) is 11.1. The highest BCUT2D eigenvalue weighted by Gasteiger charge is 2.23. The molecule has 0 aromatic carbocycles. The second-order valence-electron chi connectivity index (χ2n) is 7.21. The largest absolute Gasteiger partial charge is 0.356 e. The van der Waals surface area contributed by atoms with Gasteiger partial charge in [-0.15, -0.1) is 11.3 Å². The number of nitrogens with zero attached hydrogens (tertiary/aromatic N) is 2. The van der Waals surface area contributed by atoms with Gasteiger partial charge < -0.3 is 16.0 Å². The molecule has 0 aliphatic rings. The molecular weight excluding hydrogens is 398 g/mol. The number of nitrogens with one attached hydrogen (secondary N) is 3. The molecular formula is C18H33N5O3S2. The summed E-state index contributed by atoms with van der Waals surface area (Å²) in [5.74, 6) is 0.413. The smallest absolute Gasteiger partial charge is 0.252 e. The molecule has 1 aromatic rings. The van der Waals surface area contributed by atoms with Crippen molar-refractivity contribution >= 4 is 33.2 Å².